The van der Waals surface area contributed by atoms with Gasteiger partial charge in [-0.15, -0.1) is 0 Å². The van der Waals surface area contributed by atoms with Crippen LogP contribution in [-0.4, -0.2) is 30.9 Å². The Hall–Kier alpha value is -2.89. The molecule has 1 atom stereocenters. The van der Waals surface area contributed by atoms with E-state index in [0.29, 0.717) is 5.56 Å². The van der Waals surface area contributed by atoms with Crippen LogP contribution in [0.3, 0.4) is 0 Å². The molecule has 2 N–H and O–H groups in total. The molecule has 0 spiro atoms. The Balaban J connectivity index is 2.07. The van der Waals surface area contributed by atoms with Gasteiger partial charge in [0, 0.05) is 19.7 Å². The van der Waals surface area contributed by atoms with Gasteiger partial charge in [0.15, 0.2) is 0 Å². The van der Waals surface area contributed by atoms with Crippen LogP contribution in [0.25, 0.3) is 0 Å². The Labute approximate surface area is 165 Å². The van der Waals surface area contributed by atoms with Gasteiger partial charge in [0.05, 0.1) is 11.7 Å². The van der Waals surface area contributed by atoms with E-state index in [1.807, 2.05) is 31.2 Å². The average Bonchev–Trinajstić information content (AvgIpc) is 2.62. The molecule has 28 heavy (non-hydrogen) atoms. The second kappa shape index (κ2) is 8.42. The van der Waals surface area contributed by atoms with Crippen LogP contribution in [0.1, 0.15) is 55.2 Å². The van der Waals surface area contributed by atoms with Crippen molar-refractivity contribution in [1.29, 1.82) is 0 Å². The zero-order chi connectivity index (χ0) is 21.1. The van der Waals surface area contributed by atoms with E-state index in [1.165, 1.54) is 28.7 Å². The van der Waals surface area contributed by atoms with Crippen molar-refractivity contribution in [2.75, 3.05) is 19.4 Å². The van der Waals surface area contributed by atoms with Crippen molar-refractivity contribution >= 4 is 17.6 Å². The molecule has 0 aliphatic heterocycles. The first kappa shape index (κ1) is 21.4. The standard InChI is InChI=1S/C22H28FN3O2/c1-14(15-7-10-17(11-8-15)22(2,3)4)24-21(28)25-19-13-16(9-12-18(19)23)20(27)26(5)6/h7-14H,1-6H3,(H2,24,25,28)/t14-/m0/s1. The van der Waals surface area contributed by atoms with Gasteiger partial charge in [-0.05, 0) is 41.7 Å². The summed E-state index contributed by atoms with van der Waals surface area (Å²) in [5.74, 6) is -0.872. The van der Waals surface area contributed by atoms with Crippen molar-refractivity contribution in [2.24, 2.45) is 0 Å². The highest BCUT2D eigenvalue weighted by Crippen LogP contribution is 2.24. The summed E-state index contributed by atoms with van der Waals surface area (Å²) >= 11 is 0. The van der Waals surface area contributed by atoms with Gasteiger partial charge in [-0.1, -0.05) is 45.0 Å². The molecule has 6 heteroatoms. The van der Waals surface area contributed by atoms with Crippen LogP contribution < -0.4 is 10.6 Å². The normalized spacial score (nSPS) is 12.2. The summed E-state index contributed by atoms with van der Waals surface area (Å²) < 4.78 is 14.0. The number of rotatable bonds is 4. The summed E-state index contributed by atoms with van der Waals surface area (Å²) in [6.07, 6.45) is 0. The van der Waals surface area contributed by atoms with Gasteiger partial charge in [-0.3, -0.25) is 4.79 Å². The number of hydrogen-bond donors (Lipinski definition) is 2. The van der Waals surface area contributed by atoms with Crippen LogP contribution in [0.4, 0.5) is 14.9 Å². The van der Waals surface area contributed by atoms with Crippen LogP contribution in [0.15, 0.2) is 42.5 Å². The minimum absolute atomic E-state index is 0.0412. The van der Waals surface area contributed by atoms with Crippen molar-refractivity contribution < 1.29 is 14.0 Å². The first-order chi connectivity index (χ1) is 13.0. The Morgan fingerprint density at radius 1 is 1.04 bits per heavy atom. The number of nitrogens with zero attached hydrogens (tertiary/aromatic N) is 1. The van der Waals surface area contributed by atoms with Crippen molar-refractivity contribution in [3.8, 4) is 0 Å². The minimum Gasteiger partial charge on any atom is -0.345 e. The molecule has 0 radical (unpaired) electrons. The molecule has 0 saturated heterocycles. The molecule has 0 unspecified atom stereocenters. The fourth-order valence-corrected chi connectivity index (χ4v) is 2.72. The van der Waals surface area contributed by atoms with E-state index in [4.69, 9.17) is 0 Å². The first-order valence-electron chi connectivity index (χ1n) is 9.18. The van der Waals surface area contributed by atoms with Crippen molar-refractivity contribution in [2.45, 2.75) is 39.2 Å². The molecule has 2 aromatic rings. The summed E-state index contributed by atoms with van der Waals surface area (Å²) in [5.41, 5.74) is 2.46. The zero-order valence-corrected chi connectivity index (χ0v) is 17.3. The van der Waals surface area contributed by atoms with Crippen LogP contribution in [0, 0.1) is 5.82 Å². The monoisotopic (exact) mass is 385 g/mol. The predicted octanol–water partition coefficient (Wildman–Crippen LogP) is 4.71. The maximum Gasteiger partial charge on any atom is 0.319 e. The fourth-order valence-electron chi connectivity index (χ4n) is 2.72. The van der Waals surface area contributed by atoms with Crippen molar-refractivity contribution in [1.82, 2.24) is 10.2 Å². The lowest BCUT2D eigenvalue weighted by atomic mass is 9.86. The van der Waals surface area contributed by atoms with E-state index >= 15 is 0 Å². The number of benzene rings is 2. The fraction of sp³-hybridized carbons (Fsp3) is 0.364. The van der Waals surface area contributed by atoms with Crippen molar-refractivity contribution in [3.05, 3.63) is 65.0 Å². The molecule has 0 heterocycles. The average molecular weight is 385 g/mol. The molecule has 0 fully saturated rings. The highest BCUT2D eigenvalue weighted by molar-refractivity contribution is 5.96. The Morgan fingerprint density at radius 2 is 1.64 bits per heavy atom. The van der Waals surface area contributed by atoms with E-state index in [0.717, 1.165) is 5.56 Å². The Morgan fingerprint density at radius 3 is 2.18 bits per heavy atom. The zero-order valence-electron chi connectivity index (χ0n) is 17.3. The number of anilines is 1. The van der Waals surface area contributed by atoms with Crippen LogP contribution >= 0.6 is 0 Å². The lowest BCUT2D eigenvalue weighted by molar-refractivity contribution is 0.0827. The first-order valence-corrected chi connectivity index (χ1v) is 9.18. The smallest absolute Gasteiger partial charge is 0.319 e. The molecule has 5 nitrogen and oxygen atoms in total. The topological polar surface area (TPSA) is 61.4 Å². The number of carbonyl (C=O) groups is 2. The second-order valence-corrected chi connectivity index (χ2v) is 8.09. The summed E-state index contributed by atoms with van der Waals surface area (Å²) in [6, 6.07) is 11.1. The number of halogens is 1. The van der Waals surface area contributed by atoms with Crippen molar-refractivity contribution in [3.63, 3.8) is 0 Å². The van der Waals surface area contributed by atoms with E-state index in [2.05, 4.69) is 31.4 Å². The lowest BCUT2D eigenvalue weighted by Crippen LogP contribution is -2.31. The summed E-state index contributed by atoms with van der Waals surface area (Å²) in [7, 11) is 3.22. The summed E-state index contributed by atoms with van der Waals surface area (Å²) in [6.45, 7) is 8.27. The van der Waals surface area contributed by atoms with Gasteiger partial charge in [-0.2, -0.15) is 0 Å². The molecule has 0 saturated carbocycles. The van der Waals surface area contributed by atoms with Gasteiger partial charge in [-0.25, -0.2) is 9.18 Å². The highest BCUT2D eigenvalue weighted by Gasteiger charge is 2.16. The predicted molar refractivity (Wildman–Crippen MR) is 110 cm³/mol. The second-order valence-electron chi connectivity index (χ2n) is 8.09. The third kappa shape index (κ3) is 5.31. The third-order valence-corrected chi connectivity index (χ3v) is 4.49. The molecule has 0 aromatic heterocycles. The summed E-state index contributed by atoms with van der Waals surface area (Å²) in [5, 5.41) is 5.27. The maximum absolute atomic E-state index is 14.0. The summed E-state index contributed by atoms with van der Waals surface area (Å²) in [4.78, 5) is 25.7. The quantitative estimate of drug-likeness (QED) is 0.801. The third-order valence-electron chi connectivity index (χ3n) is 4.49. The molecule has 2 rings (SSSR count). The van der Waals surface area contributed by atoms with E-state index in [9.17, 15) is 14.0 Å². The van der Waals surface area contributed by atoms with Crippen LogP contribution in [0.5, 0.6) is 0 Å². The number of hydrogen-bond acceptors (Lipinski definition) is 2. The van der Waals surface area contributed by atoms with Gasteiger partial charge >= 0.3 is 6.03 Å². The molecular formula is C22H28FN3O2. The number of carbonyl (C=O) groups excluding carboxylic acids is 2. The Bertz CT molecular complexity index is 855. The number of urea groups is 1. The molecule has 0 bridgehead atoms. The number of nitrogens with one attached hydrogen (secondary N) is 2. The highest BCUT2D eigenvalue weighted by atomic mass is 19.1. The van der Waals surface area contributed by atoms with E-state index in [-0.39, 0.29) is 23.1 Å². The minimum atomic E-state index is -0.604. The molecule has 0 aliphatic rings. The molecule has 150 valence electrons. The maximum atomic E-state index is 14.0. The van der Waals surface area contributed by atoms with Gasteiger partial charge in [0.25, 0.3) is 5.91 Å². The molecule has 0 aliphatic carbocycles. The largest absolute Gasteiger partial charge is 0.345 e. The lowest BCUT2D eigenvalue weighted by Gasteiger charge is -2.21. The SMILES string of the molecule is C[C@H](NC(=O)Nc1cc(C(=O)N(C)C)ccc1F)c1ccc(C(C)(C)C)cc1. The molecule has 2 aromatic carbocycles. The molecule has 3 amide bonds. The van der Waals surface area contributed by atoms with Gasteiger partial charge < -0.3 is 15.5 Å². The van der Waals surface area contributed by atoms with Gasteiger partial charge in [0.1, 0.15) is 5.82 Å². The van der Waals surface area contributed by atoms with E-state index < -0.39 is 11.8 Å². The van der Waals surface area contributed by atoms with E-state index in [1.54, 1.807) is 14.1 Å². The number of amides is 3. The molecular weight excluding hydrogens is 357 g/mol. The van der Waals surface area contributed by atoms with Crippen LogP contribution in [-0.2, 0) is 5.41 Å². The van der Waals surface area contributed by atoms with Gasteiger partial charge in [0.2, 0.25) is 0 Å². The Kier molecular flexibility index (Phi) is 6.44. The van der Waals surface area contributed by atoms with Crippen LogP contribution in [0.2, 0.25) is 0 Å².